The van der Waals surface area contributed by atoms with Crippen LogP contribution in [0.4, 0.5) is 0 Å². The lowest BCUT2D eigenvalue weighted by molar-refractivity contribution is -0.167. The van der Waals surface area contributed by atoms with Crippen LogP contribution in [0.3, 0.4) is 0 Å². The molecule has 4 nitrogen and oxygen atoms in total. The van der Waals surface area contributed by atoms with Crippen molar-refractivity contribution in [1.82, 2.24) is 0 Å². The minimum absolute atomic E-state index is 0.0330. The van der Waals surface area contributed by atoms with Crippen molar-refractivity contribution in [1.29, 1.82) is 0 Å². The molecule has 0 radical (unpaired) electrons. The summed E-state index contributed by atoms with van der Waals surface area (Å²) in [6.07, 6.45) is 0.685. The largest absolute Gasteiger partial charge is 0.479 e. The molecule has 1 saturated heterocycles. The van der Waals surface area contributed by atoms with Crippen LogP contribution in [0.2, 0.25) is 0 Å². The van der Waals surface area contributed by atoms with Gasteiger partial charge in [0.05, 0.1) is 18.3 Å². The van der Waals surface area contributed by atoms with Gasteiger partial charge in [-0.05, 0) is 33.6 Å². The second-order valence-electron chi connectivity index (χ2n) is 4.59. The normalized spacial score (nSPS) is 28.8. The van der Waals surface area contributed by atoms with Crippen molar-refractivity contribution in [2.24, 2.45) is 0 Å². The fourth-order valence-electron chi connectivity index (χ4n) is 1.52. The van der Waals surface area contributed by atoms with E-state index in [0.29, 0.717) is 13.0 Å². The molecule has 1 N–H and O–H groups in total. The highest BCUT2D eigenvalue weighted by Crippen LogP contribution is 2.21. The first-order valence-electron chi connectivity index (χ1n) is 4.91. The minimum Gasteiger partial charge on any atom is -0.479 e. The number of carboxylic acid groups (broad SMARTS) is 1. The van der Waals surface area contributed by atoms with Gasteiger partial charge in [0.25, 0.3) is 0 Å². The van der Waals surface area contributed by atoms with Gasteiger partial charge in [0.1, 0.15) is 0 Å². The average molecular weight is 202 g/mol. The van der Waals surface area contributed by atoms with E-state index in [1.807, 2.05) is 20.8 Å². The molecule has 4 heteroatoms. The van der Waals surface area contributed by atoms with Gasteiger partial charge in [0.2, 0.25) is 0 Å². The molecular weight excluding hydrogens is 184 g/mol. The highest BCUT2D eigenvalue weighted by molar-refractivity contribution is 5.72. The van der Waals surface area contributed by atoms with Gasteiger partial charge in [-0.1, -0.05) is 0 Å². The third kappa shape index (κ3) is 3.64. The lowest BCUT2D eigenvalue weighted by atomic mass is 10.1. The van der Waals surface area contributed by atoms with Gasteiger partial charge in [-0.25, -0.2) is 4.79 Å². The SMILES string of the molecule is CC(C)(C)OC1CCC(C(=O)O)OC1. The van der Waals surface area contributed by atoms with Crippen LogP contribution in [0.25, 0.3) is 0 Å². The van der Waals surface area contributed by atoms with Crippen LogP contribution in [0, 0.1) is 0 Å². The van der Waals surface area contributed by atoms with E-state index in [4.69, 9.17) is 14.6 Å². The van der Waals surface area contributed by atoms with E-state index in [0.717, 1.165) is 6.42 Å². The van der Waals surface area contributed by atoms with Crippen LogP contribution in [-0.4, -0.2) is 35.5 Å². The zero-order valence-electron chi connectivity index (χ0n) is 8.95. The molecule has 14 heavy (non-hydrogen) atoms. The van der Waals surface area contributed by atoms with Gasteiger partial charge in [-0.15, -0.1) is 0 Å². The summed E-state index contributed by atoms with van der Waals surface area (Å²) in [5.74, 6) is -0.876. The van der Waals surface area contributed by atoms with E-state index in [1.54, 1.807) is 0 Å². The Morgan fingerprint density at radius 3 is 2.43 bits per heavy atom. The second-order valence-corrected chi connectivity index (χ2v) is 4.59. The van der Waals surface area contributed by atoms with Crippen molar-refractivity contribution in [2.75, 3.05) is 6.61 Å². The fourth-order valence-corrected chi connectivity index (χ4v) is 1.52. The van der Waals surface area contributed by atoms with Crippen molar-refractivity contribution in [3.63, 3.8) is 0 Å². The van der Waals surface area contributed by atoms with Crippen molar-refractivity contribution < 1.29 is 19.4 Å². The Morgan fingerprint density at radius 2 is 2.07 bits per heavy atom. The summed E-state index contributed by atoms with van der Waals surface area (Å²) >= 11 is 0. The molecule has 0 aromatic heterocycles. The van der Waals surface area contributed by atoms with Crippen LogP contribution in [-0.2, 0) is 14.3 Å². The van der Waals surface area contributed by atoms with E-state index in [1.165, 1.54) is 0 Å². The standard InChI is InChI=1S/C10H18O4/c1-10(2,3)14-7-4-5-8(9(11)12)13-6-7/h7-8H,4-6H2,1-3H3,(H,11,12). The van der Waals surface area contributed by atoms with E-state index in [2.05, 4.69) is 0 Å². The van der Waals surface area contributed by atoms with Gasteiger partial charge >= 0.3 is 5.97 Å². The molecule has 0 spiro atoms. The number of rotatable bonds is 2. The predicted molar refractivity (Wildman–Crippen MR) is 51.2 cm³/mol. The highest BCUT2D eigenvalue weighted by atomic mass is 16.6. The number of hydrogen-bond donors (Lipinski definition) is 1. The zero-order valence-corrected chi connectivity index (χ0v) is 8.95. The van der Waals surface area contributed by atoms with E-state index in [-0.39, 0.29) is 11.7 Å². The number of hydrogen-bond acceptors (Lipinski definition) is 3. The van der Waals surface area contributed by atoms with Crippen molar-refractivity contribution in [3.05, 3.63) is 0 Å². The maximum Gasteiger partial charge on any atom is 0.332 e. The van der Waals surface area contributed by atoms with Gasteiger partial charge < -0.3 is 14.6 Å². The topological polar surface area (TPSA) is 55.8 Å². The first-order valence-corrected chi connectivity index (χ1v) is 4.91. The summed E-state index contributed by atoms with van der Waals surface area (Å²) in [6.45, 7) is 6.33. The lowest BCUT2D eigenvalue weighted by Crippen LogP contribution is -2.39. The molecule has 82 valence electrons. The monoisotopic (exact) mass is 202 g/mol. The van der Waals surface area contributed by atoms with E-state index in [9.17, 15) is 4.79 Å². The third-order valence-electron chi connectivity index (χ3n) is 2.03. The summed E-state index contributed by atoms with van der Waals surface area (Å²) < 4.78 is 10.9. The van der Waals surface area contributed by atoms with Gasteiger partial charge in [0, 0.05) is 0 Å². The van der Waals surface area contributed by atoms with Gasteiger partial charge in [-0.3, -0.25) is 0 Å². The second kappa shape index (κ2) is 4.28. The Hall–Kier alpha value is -0.610. The van der Waals surface area contributed by atoms with Gasteiger partial charge in [-0.2, -0.15) is 0 Å². The molecule has 1 aliphatic rings. The van der Waals surface area contributed by atoms with Crippen LogP contribution in [0.5, 0.6) is 0 Å². The first kappa shape index (κ1) is 11.5. The Kier molecular flexibility index (Phi) is 3.50. The zero-order chi connectivity index (χ0) is 10.8. The fraction of sp³-hybridized carbons (Fsp3) is 0.900. The van der Waals surface area contributed by atoms with Crippen LogP contribution in [0.15, 0.2) is 0 Å². The molecule has 0 saturated carbocycles. The van der Waals surface area contributed by atoms with Crippen molar-refractivity contribution in [3.8, 4) is 0 Å². The molecular formula is C10H18O4. The average Bonchev–Trinajstić information content (AvgIpc) is 2.02. The maximum atomic E-state index is 10.6. The molecule has 1 rings (SSSR count). The van der Waals surface area contributed by atoms with Gasteiger partial charge in [0.15, 0.2) is 6.10 Å². The van der Waals surface area contributed by atoms with Crippen molar-refractivity contribution in [2.45, 2.75) is 51.4 Å². The molecule has 1 fully saturated rings. The molecule has 0 aromatic rings. The molecule has 0 bridgehead atoms. The molecule has 1 aliphatic heterocycles. The molecule has 0 amide bonds. The van der Waals surface area contributed by atoms with Crippen LogP contribution >= 0.6 is 0 Å². The first-order chi connectivity index (χ1) is 6.38. The summed E-state index contributed by atoms with van der Waals surface area (Å²) in [5, 5.41) is 8.69. The Labute approximate surface area is 84.2 Å². The molecule has 2 atom stereocenters. The Bertz CT molecular complexity index is 199. The summed E-state index contributed by atoms with van der Waals surface area (Å²) in [6, 6.07) is 0. The molecule has 0 aliphatic carbocycles. The molecule has 0 aromatic carbocycles. The van der Waals surface area contributed by atoms with Crippen molar-refractivity contribution >= 4 is 5.97 Å². The smallest absolute Gasteiger partial charge is 0.332 e. The third-order valence-corrected chi connectivity index (χ3v) is 2.03. The number of carbonyl (C=O) groups is 1. The number of ether oxygens (including phenoxy) is 2. The summed E-state index contributed by atoms with van der Waals surface area (Å²) in [7, 11) is 0. The quantitative estimate of drug-likeness (QED) is 0.736. The summed E-state index contributed by atoms with van der Waals surface area (Å²) in [5.41, 5.74) is -0.190. The van der Waals surface area contributed by atoms with Crippen LogP contribution in [0.1, 0.15) is 33.6 Å². The number of carboxylic acids is 1. The Balaban J connectivity index is 2.33. The molecule has 2 unspecified atom stereocenters. The summed E-state index contributed by atoms with van der Waals surface area (Å²) in [4.78, 5) is 10.6. The Morgan fingerprint density at radius 1 is 1.43 bits per heavy atom. The maximum absolute atomic E-state index is 10.6. The molecule has 1 heterocycles. The minimum atomic E-state index is -0.876. The predicted octanol–water partition coefficient (Wildman–Crippen LogP) is 1.43. The highest BCUT2D eigenvalue weighted by Gasteiger charge is 2.29. The van der Waals surface area contributed by atoms with Crippen LogP contribution < -0.4 is 0 Å². The van der Waals surface area contributed by atoms with E-state index >= 15 is 0 Å². The lowest BCUT2D eigenvalue weighted by Gasteiger charge is -2.32. The number of aliphatic carboxylic acids is 1. The van der Waals surface area contributed by atoms with E-state index < -0.39 is 12.1 Å².